The predicted octanol–water partition coefficient (Wildman–Crippen LogP) is 1.32. The van der Waals surface area contributed by atoms with Crippen molar-refractivity contribution in [2.75, 3.05) is 6.54 Å². The Bertz CT molecular complexity index is 720. The Hall–Kier alpha value is -1.71. The number of carboxylic acid groups (broad SMARTS) is 1. The minimum absolute atomic E-state index is 0.136. The van der Waals surface area contributed by atoms with E-state index in [0.717, 1.165) is 11.3 Å². The van der Waals surface area contributed by atoms with Gasteiger partial charge in [0.2, 0.25) is 10.0 Å². The van der Waals surface area contributed by atoms with Crippen molar-refractivity contribution in [2.24, 2.45) is 0 Å². The molecule has 0 spiro atoms. The van der Waals surface area contributed by atoms with E-state index in [1.807, 2.05) is 4.57 Å². The first kappa shape index (κ1) is 15.7. The van der Waals surface area contributed by atoms with Gasteiger partial charge in [0.1, 0.15) is 9.77 Å². The van der Waals surface area contributed by atoms with Gasteiger partial charge in [-0.05, 0) is 24.3 Å². The molecule has 2 aromatic rings. The number of aromatic carboxylic acids is 1. The van der Waals surface area contributed by atoms with Gasteiger partial charge in [0.25, 0.3) is 0 Å². The van der Waals surface area contributed by atoms with Crippen LogP contribution in [0.2, 0.25) is 0 Å². The van der Waals surface area contributed by atoms with Gasteiger partial charge in [0, 0.05) is 25.5 Å². The molecule has 0 unspecified atom stereocenters. The van der Waals surface area contributed by atoms with Gasteiger partial charge in [0.15, 0.2) is 0 Å². The normalized spacial score (nSPS) is 11.7. The molecule has 21 heavy (non-hydrogen) atoms. The van der Waals surface area contributed by atoms with Crippen molar-refractivity contribution in [3.05, 3.63) is 34.5 Å². The lowest BCUT2D eigenvalue weighted by Crippen LogP contribution is -2.27. The smallest absolute Gasteiger partial charge is 0.347 e. The van der Waals surface area contributed by atoms with Crippen LogP contribution in [0.5, 0.6) is 0 Å². The highest BCUT2D eigenvalue weighted by Crippen LogP contribution is 2.26. The Balaban J connectivity index is 2.02. The van der Waals surface area contributed by atoms with E-state index in [-0.39, 0.29) is 16.3 Å². The van der Waals surface area contributed by atoms with Crippen molar-refractivity contribution in [3.63, 3.8) is 0 Å². The number of carbonyl (C=O) groups is 1. The lowest BCUT2D eigenvalue weighted by molar-refractivity contribution is 0.0698. The van der Waals surface area contributed by atoms with Crippen molar-refractivity contribution in [3.8, 4) is 0 Å². The summed E-state index contributed by atoms with van der Waals surface area (Å²) in [5.74, 6) is -1.23. The molecule has 7 nitrogen and oxygen atoms in total. The molecule has 9 heteroatoms. The number of aromatic nitrogens is 2. The van der Waals surface area contributed by atoms with Crippen LogP contribution in [0, 0.1) is 6.92 Å². The molecule has 0 atom stereocenters. The zero-order valence-electron chi connectivity index (χ0n) is 11.3. The van der Waals surface area contributed by atoms with Crippen LogP contribution in [-0.4, -0.2) is 35.6 Å². The molecule has 114 valence electrons. The Morgan fingerprint density at radius 2 is 2.29 bits per heavy atom. The van der Waals surface area contributed by atoms with Crippen molar-refractivity contribution >= 4 is 27.3 Å². The molecule has 0 saturated carbocycles. The summed E-state index contributed by atoms with van der Waals surface area (Å²) >= 11 is 0.917. The molecule has 0 aliphatic heterocycles. The Morgan fingerprint density at radius 1 is 1.52 bits per heavy atom. The molecule has 0 fully saturated rings. The number of aryl methyl sites for hydroxylation is 2. The van der Waals surface area contributed by atoms with E-state index in [4.69, 9.17) is 5.11 Å². The maximum Gasteiger partial charge on any atom is 0.347 e. The first-order valence-electron chi connectivity index (χ1n) is 6.18. The third kappa shape index (κ3) is 3.69. The standard InChI is InChI=1S/C12H15N3O4S2/c1-9-7-20-10(12(16)17)11(9)21(18,19)14-3-2-5-15-6-4-13-8-15/h4,6-8,14H,2-3,5H2,1H3,(H,16,17). The lowest BCUT2D eigenvalue weighted by atomic mass is 10.3. The van der Waals surface area contributed by atoms with Crippen LogP contribution in [-0.2, 0) is 16.6 Å². The van der Waals surface area contributed by atoms with Crippen LogP contribution in [0.1, 0.15) is 21.7 Å². The molecule has 2 heterocycles. The van der Waals surface area contributed by atoms with Crippen molar-refractivity contribution in [1.29, 1.82) is 0 Å². The molecule has 0 aliphatic carbocycles. The number of hydrogen-bond donors (Lipinski definition) is 2. The highest BCUT2D eigenvalue weighted by atomic mass is 32.2. The van der Waals surface area contributed by atoms with E-state index in [1.165, 1.54) is 5.38 Å². The van der Waals surface area contributed by atoms with Crippen LogP contribution < -0.4 is 4.72 Å². The second-order valence-electron chi connectivity index (χ2n) is 4.43. The quantitative estimate of drug-likeness (QED) is 0.746. The molecule has 0 bridgehead atoms. The third-order valence-corrected chi connectivity index (χ3v) is 5.69. The number of hydrogen-bond acceptors (Lipinski definition) is 5. The van der Waals surface area contributed by atoms with E-state index < -0.39 is 16.0 Å². The summed E-state index contributed by atoms with van der Waals surface area (Å²) in [6.07, 6.45) is 5.68. The summed E-state index contributed by atoms with van der Waals surface area (Å²) in [7, 11) is -3.81. The first-order valence-corrected chi connectivity index (χ1v) is 8.55. The van der Waals surface area contributed by atoms with E-state index in [9.17, 15) is 13.2 Å². The van der Waals surface area contributed by atoms with E-state index >= 15 is 0 Å². The van der Waals surface area contributed by atoms with Gasteiger partial charge in [-0.1, -0.05) is 0 Å². The van der Waals surface area contributed by atoms with Crippen molar-refractivity contribution < 1.29 is 18.3 Å². The molecule has 0 radical (unpaired) electrons. The minimum atomic E-state index is -3.81. The van der Waals surface area contributed by atoms with Crippen LogP contribution in [0.4, 0.5) is 0 Å². The predicted molar refractivity (Wildman–Crippen MR) is 78.0 cm³/mol. The molecular weight excluding hydrogens is 314 g/mol. The van der Waals surface area contributed by atoms with Gasteiger partial charge in [-0.2, -0.15) is 0 Å². The highest BCUT2D eigenvalue weighted by molar-refractivity contribution is 7.89. The molecule has 2 aromatic heterocycles. The fourth-order valence-electron chi connectivity index (χ4n) is 1.87. The van der Waals surface area contributed by atoms with Crippen molar-refractivity contribution in [2.45, 2.75) is 24.8 Å². The topological polar surface area (TPSA) is 101 Å². The minimum Gasteiger partial charge on any atom is -0.477 e. The Labute approximate surface area is 126 Å². The maximum absolute atomic E-state index is 12.2. The van der Waals surface area contributed by atoms with E-state index in [0.29, 0.717) is 18.5 Å². The monoisotopic (exact) mass is 329 g/mol. The van der Waals surface area contributed by atoms with Crippen LogP contribution in [0.25, 0.3) is 0 Å². The van der Waals surface area contributed by atoms with Crippen molar-refractivity contribution in [1.82, 2.24) is 14.3 Å². The summed E-state index contributed by atoms with van der Waals surface area (Å²) in [6.45, 7) is 2.45. The molecule has 2 N–H and O–H groups in total. The van der Waals surface area contributed by atoms with Crippen LogP contribution in [0.15, 0.2) is 29.0 Å². The SMILES string of the molecule is Cc1csc(C(=O)O)c1S(=O)(=O)NCCCn1ccnc1. The summed E-state index contributed by atoms with van der Waals surface area (Å²) < 4.78 is 28.7. The molecule has 2 rings (SSSR count). The van der Waals surface area contributed by atoms with Gasteiger partial charge in [0.05, 0.1) is 6.33 Å². The summed E-state index contributed by atoms with van der Waals surface area (Å²) in [5, 5.41) is 10.6. The average Bonchev–Trinajstić information content (AvgIpc) is 3.03. The Morgan fingerprint density at radius 3 is 2.90 bits per heavy atom. The molecule has 0 aromatic carbocycles. The maximum atomic E-state index is 12.2. The molecule has 0 amide bonds. The number of rotatable bonds is 7. The number of carboxylic acids is 1. The van der Waals surface area contributed by atoms with Gasteiger partial charge < -0.3 is 9.67 Å². The lowest BCUT2D eigenvalue weighted by Gasteiger charge is -2.08. The number of nitrogens with zero attached hydrogens (tertiary/aromatic N) is 2. The zero-order chi connectivity index (χ0) is 15.5. The summed E-state index contributed by atoms with van der Waals surface area (Å²) in [6, 6.07) is 0. The van der Waals surface area contributed by atoms with E-state index in [2.05, 4.69) is 9.71 Å². The first-order chi connectivity index (χ1) is 9.92. The third-order valence-electron chi connectivity index (χ3n) is 2.83. The number of sulfonamides is 1. The van der Waals surface area contributed by atoms with Gasteiger partial charge in [-0.15, -0.1) is 11.3 Å². The Kier molecular flexibility index (Phi) is 4.76. The second kappa shape index (κ2) is 6.37. The average molecular weight is 329 g/mol. The number of thiophene rings is 1. The molecule has 0 aliphatic rings. The fraction of sp³-hybridized carbons (Fsp3) is 0.333. The van der Waals surface area contributed by atoms with E-state index in [1.54, 1.807) is 25.6 Å². The number of imidazole rings is 1. The van der Waals surface area contributed by atoms with Gasteiger partial charge in [-0.3, -0.25) is 0 Å². The van der Waals surface area contributed by atoms with Gasteiger partial charge >= 0.3 is 5.97 Å². The van der Waals surface area contributed by atoms with Crippen LogP contribution >= 0.6 is 11.3 Å². The summed E-state index contributed by atoms with van der Waals surface area (Å²) in [5.41, 5.74) is 0.444. The highest BCUT2D eigenvalue weighted by Gasteiger charge is 2.26. The molecule has 0 saturated heterocycles. The zero-order valence-corrected chi connectivity index (χ0v) is 12.9. The summed E-state index contributed by atoms with van der Waals surface area (Å²) in [4.78, 5) is 14.7. The number of nitrogens with one attached hydrogen (secondary N) is 1. The largest absolute Gasteiger partial charge is 0.477 e. The second-order valence-corrected chi connectivity index (χ2v) is 7.02. The van der Waals surface area contributed by atoms with Gasteiger partial charge in [-0.25, -0.2) is 22.9 Å². The van der Waals surface area contributed by atoms with Crippen LogP contribution in [0.3, 0.4) is 0 Å². The fourth-order valence-corrected chi connectivity index (χ4v) is 4.58. The molecular formula is C12H15N3O4S2.